The van der Waals surface area contributed by atoms with Crippen LogP contribution in [-0.4, -0.2) is 5.91 Å². The Labute approximate surface area is 151 Å². The largest absolute Gasteiger partial charge is 0.485 e. The van der Waals surface area contributed by atoms with Crippen molar-refractivity contribution in [2.75, 3.05) is 0 Å². The van der Waals surface area contributed by atoms with Crippen LogP contribution in [0.4, 0.5) is 0 Å². The molecule has 2 aromatic carbocycles. The molecule has 134 valence electrons. The number of carbonyl (C=O) groups excluding carboxylic acids is 1. The van der Waals surface area contributed by atoms with Crippen molar-refractivity contribution in [2.24, 2.45) is 23.0 Å². The zero-order chi connectivity index (χ0) is 18.6. The lowest BCUT2D eigenvalue weighted by Crippen LogP contribution is -2.51. The van der Waals surface area contributed by atoms with Crippen LogP contribution < -0.4 is 10.5 Å². The van der Waals surface area contributed by atoms with E-state index in [0.29, 0.717) is 0 Å². The topological polar surface area (TPSA) is 52.3 Å². The summed E-state index contributed by atoms with van der Waals surface area (Å²) in [5.41, 5.74) is 7.28. The second-order valence-corrected chi connectivity index (χ2v) is 7.33. The van der Waals surface area contributed by atoms with Crippen LogP contribution in [0.25, 0.3) is 0 Å². The van der Waals surface area contributed by atoms with Crippen molar-refractivity contribution < 1.29 is 9.53 Å². The summed E-state index contributed by atoms with van der Waals surface area (Å²) in [4.78, 5) is 12.7. The number of aryl methyl sites for hydroxylation is 1. The van der Waals surface area contributed by atoms with Crippen LogP contribution in [-0.2, 0) is 4.79 Å². The first kappa shape index (κ1) is 19.0. The van der Waals surface area contributed by atoms with Crippen LogP contribution in [0, 0.1) is 24.2 Å². The van der Waals surface area contributed by atoms with E-state index in [-0.39, 0.29) is 17.7 Å². The molecule has 3 heteroatoms. The predicted molar refractivity (Wildman–Crippen MR) is 102 cm³/mol. The fourth-order valence-electron chi connectivity index (χ4n) is 3.79. The van der Waals surface area contributed by atoms with Crippen molar-refractivity contribution in [3.8, 4) is 5.75 Å². The molecule has 0 saturated carbocycles. The first-order valence-corrected chi connectivity index (χ1v) is 8.88. The second-order valence-electron chi connectivity index (χ2n) is 7.33. The van der Waals surface area contributed by atoms with Gasteiger partial charge in [0, 0.05) is 0 Å². The number of primary amides is 1. The van der Waals surface area contributed by atoms with Crippen LogP contribution >= 0.6 is 0 Å². The minimum absolute atomic E-state index is 0.0284. The first-order chi connectivity index (χ1) is 11.8. The number of hydrogen-bond donors (Lipinski definition) is 1. The van der Waals surface area contributed by atoms with Crippen LogP contribution in [0.5, 0.6) is 5.75 Å². The van der Waals surface area contributed by atoms with Gasteiger partial charge in [-0.3, -0.25) is 4.79 Å². The van der Waals surface area contributed by atoms with Gasteiger partial charge in [0.2, 0.25) is 5.91 Å². The summed E-state index contributed by atoms with van der Waals surface area (Å²) in [5.74, 6) is 0.478. The Morgan fingerprint density at radius 2 is 1.44 bits per heavy atom. The number of amides is 1. The highest BCUT2D eigenvalue weighted by molar-refractivity contribution is 5.82. The van der Waals surface area contributed by atoms with E-state index in [4.69, 9.17) is 10.5 Å². The van der Waals surface area contributed by atoms with Crippen molar-refractivity contribution in [2.45, 2.75) is 40.7 Å². The molecule has 1 amide bonds. The van der Waals surface area contributed by atoms with E-state index < -0.39 is 11.5 Å². The SMILES string of the molecule is Cc1ccc(OC(c2ccccc2)C(C(N)=O)(C(C)C)C(C)C)cc1. The van der Waals surface area contributed by atoms with Crippen LogP contribution in [0.1, 0.15) is 44.9 Å². The van der Waals surface area contributed by atoms with Gasteiger partial charge in [0.15, 0.2) is 0 Å². The van der Waals surface area contributed by atoms with E-state index in [1.54, 1.807) is 0 Å². The number of nitrogens with two attached hydrogens (primary N) is 1. The molecule has 3 nitrogen and oxygen atoms in total. The number of ether oxygens (including phenoxy) is 1. The normalized spacial score (nSPS) is 13.1. The molecule has 0 fully saturated rings. The molecule has 0 aliphatic rings. The Bertz CT molecular complexity index is 682. The molecule has 0 heterocycles. The van der Waals surface area contributed by atoms with Gasteiger partial charge in [-0.2, -0.15) is 0 Å². The van der Waals surface area contributed by atoms with Crippen molar-refractivity contribution in [3.63, 3.8) is 0 Å². The number of carbonyl (C=O) groups is 1. The summed E-state index contributed by atoms with van der Waals surface area (Å²) in [6.07, 6.45) is -0.450. The Balaban J connectivity index is 2.60. The third-order valence-electron chi connectivity index (χ3n) is 5.15. The Morgan fingerprint density at radius 1 is 0.920 bits per heavy atom. The van der Waals surface area contributed by atoms with Gasteiger partial charge in [0.25, 0.3) is 0 Å². The smallest absolute Gasteiger partial charge is 0.228 e. The summed E-state index contributed by atoms with van der Waals surface area (Å²) in [5, 5.41) is 0. The number of hydrogen-bond acceptors (Lipinski definition) is 2. The molecular weight excluding hydrogens is 310 g/mol. The molecule has 25 heavy (non-hydrogen) atoms. The fraction of sp³-hybridized carbons (Fsp3) is 0.409. The lowest BCUT2D eigenvalue weighted by atomic mass is 9.63. The molecule has 0 radical (unpaired) electrons. The third kappa shape index (κ3) is 3.71. The van der Waals surface area contributed by atoms with Crippen LogP contribution in [0.3, 0.4) is 0 Å². The van der Waals surface area contributed by atoms with E-state index in [2.05, 4.69) is 0 Å². The Kier molecular flexibility index (Phi) is 5.89. The van der Waals surface area contributed by atoms with Gasteiger partial charge in [-0.25, -0.2) is 0 Å². The highest BCUT2D eigenvalue weighted by Gasteiger charge is 2.51. The maximum absolute atomic E-state index is 12.7. The van der Waals surface area contributed by atoms with Gasteiger partial charge in [-0.05, 0) is 36.5 Å². The second kappa shape index (κ2) is 7.73. The molecule has 0 spiro atoms. The molecule has 0 bridgehead atoms. The molecule has 0 aliphatic carbocycles. The first-order valence-electron chi connectivity index (χ1n) is 8.88. The summed E-state index contributed by atoms with van der Waals surface area (Å²) >= 11 is 0. The van der Waals surface area contributed by atoms with Gasteiger partial charge in [0.05, 0.1) is 5.41 Å². The highest BCUT2D eigenvalue weighted by atomic mass is 16.5. The number of benzene rings is 2. The lowest BCUT2D eigenvalue weighted by Gasteiger charge is -2.44. The molecule has 2 aromatic rings. The summed E-state index contributed by atoms with van der Waals surface area (Å²) in [7, 11) is 0. The number of rotatable bonds is 7. The van der Waals surface area contributed by atoms with Crippen molar-refractivity contribution in [1.82, 2.24) is 0 Å². The van der Waals surface area contributed by atoms with E-state index in [0.717, 1.165) is 16.9 Å². The molecule has 2 N–H and O–H groups in total. The maximum atomic E-state index is 12.7. The quantitative estimate of drug-likeness (QED) is 0.780. The van der Waals surface area contributed by atoms with Gasteiger partial charge < -0.3 is 10.5 Å². The maximum Gasteiger partial charge on any atom is 0.228 e. The monoisotopic (exact) mass is 339 g/mol. The standard InChI is InChI=1S/C22H29NO2/c1-15(2)22(16(3)4,21(23)24)20(18-9-7-6-8-10-18)25-19-13-11-17(5)12-14-19/h6-16,20H,1-5H3,(H2,23,24). The van der Waals surface area contributed by atoms with E-state index in [1.165, 1.54) is 0 Å². The molecule has 1 atom stereocenters. The van der Waals surface area contributed by atoms with Crippen molar-refractivity contribution >= 4 is 5.91 Å². The van der Waals surface area contributed by atoms with E-state index in [9.17, 15) is 4.79 Å². The van der Waals surface area contributed by atoms with Gasteiger partial charge >= 0.3 is 0 Å². The van der Waals surface area contributed by atoms with Crippen LogP contribution in [0.15, 0.2) is 54.6 Å². The minimum atomic E-state index is -0.813. The van der Waals surface area contributed by atoms with Gasteiger partial charge in [0.1, 0.15) is 11.9 Å². The average molecular weight is 339 g/mol. The molecule has 0 aromatic heterocycles. The predicted octanol–water partition coefficient (Wildman–Crippen LogP) is 4.90. The van der Waals surface area contributed by atoms with Gasteiger partial charge in [-0.15, -0.1) is 0 Å². The highest BCUT2D eigenvalue weighted by Crippen LogP contribution is 2.48. The summed E-state index contributed by atoms with van der Waals surface area (Å²) < 4.78 is 6.40. The van der Waals surface area contributed by atoms with Crippen molar-refractivity contribution in [1.29, 1.82) is 0 Å². The van der Waals surface area contributed by atoms with E-state index >= 15 is 0 Å². The van der Waals surface area contributed by atoms with Gasteiger partial charge in [-0.1, -0.05) is 75.7 Å². The fourth-order valence-corrected chi connectivity index (χ4v) is 3.79. The lowest BCUT2D eigenvalue weighted by molar-refractivity contribution is -0.143. The third-order valence-corrected chi connectivity index (χ3v) is 5.15. The Hall–Kier alpha value is -2.29. The molecule has 0 saturated heterocycles. The molecule has 1 unspecified atom stereocenters. The van der Waals surface area contributed by atoms with Crippen LogP contribution in [0.2, 0.25) is 0 Å². The minimum Gasteiger partial charge on any atom is -0.485 e. The molecule has 0 aliphatic heterocycles. The zero-order valence-electron chi connectivity index (χ0n) is 15.8. The summed E-state index contributed by atoms with van der Waals surface area (Å²) in [6.45, 7) is 10.2. The van der Waals surface area contributed by atoms with E-state index in [1.807, 2.05) is 89.2 Å². The molecule has 2 rings (SSSR count). The Morgan fingerprint density at radius 3 is 1.88 bits per heavy atom. The average Bonchev–Trinajstić information content (AvgIpc) is 2.56. The molecular formula is C22H29NO2. The van der Waals surface area contributed by atoms with Crippen molar-refractivity contribution in [3.05, 3.63) is 65.7 Å². The summed E-state index contributed by atoms with van der Waals surface area (Å²) in [6, 6.07) is 17.8. The zero-order valence-corrected chi connectivity index (χ0v) is 15.8.